The van der Waals surface area contributed by atoms with Crippen molar-refractivity contribution in [2.45, 2.75) is 38.7 Å². The summed E-state index contributed by atoms with van der Waals surface area (Å²) in [5.74, 6) is -0.227. The average molecular weight is 321 g/mol. The predicted octanol–water partition coefficient (Wildman–Crippen LogP) is 1.35. The average Bonchev–Trinajstić information content (AvgIpc) is 3.13. The number of nitrogens with one attached hydrogen (secondary N) is 1. The number of amides is 1. The first-order valence-electron chi connectivity index (χ1n) is 7.50. The molecule has 1 aliphatic rings. The van der Waals surface area contributed by atoms with Gasteiger partial charge in [-0.3, -0.25) is 14.0 Å². The lowest BCUT2D eigenvalue weighted by molar-refractivity contribution is 0.0839. The third-order valence-electron chi connectivity index (χ3n) is 4.18. The fourth-order valence-corrected chi connectivity index (χ4v) is 3.74. The lowest BCUT2D eigenvalue weighted by Crippen LogP contribution is -2.38. The second-order valence-electron chi connectivity index (χ2n) is 5.79. The summed E-state index contributed by atoms with van der Waals surface area (Å²) in [6, 6.07) is 0. The Labute approximate surface area is 131 Å². The maximum atomic E-state index is 12.3. The molecule has 0 bridgehead atoms. The minimum Gasteiger partial charge on any atom is -0.391 e. The van der Waals surface area contributed by atoms with Crippen molar-refractivity contribution in [3.05, 3.63) is 33.2 Å². The van der Waals surface area contributed by atoms with Crippen LogP contribution < -0.4 is 10.9 Å². The quantitative estimate of drug-likeness (QED) is 0.890. The molecule has 2 aromatic rings. The van der Waals surface area contributed by atoms with Crippen LogP contribution in [0.1, 0.15) is 40.9 Å². The van der Waals surface area contributed by atoms with Gasteiger partial charge in [0.25, 0.3) is 11.5 Å². The zero-order valence-corrected chi connectivity index (χ0v) is 13.2. The van der Waals surface area contributed by atoms with Gasteiger partial charge in [-0.1, -0.05) is 12.8 Å². The molecule has 2 heterocycles. The number of rotatable bonds is 4. The highest BCUT2D eigenvalue weighted by molar-refractivity contribution is 7.16. The largest absolute Gasteiger partial charge is 0.391 e. The standard InChI is InChI=1S/C15H19N3O3S/c1-9-8-18-14(21)11(6-17-15(18)22-9)13(20)16-7-12(19)10-4-2-3-5-10/h6,8,10,12,19H,2-5,7H2,1H3,(H,16,20). The van der Waals surface area contributed by atoms with Crippen LogP contribution in [0.2, 0.25) is 0 Å². The Morgan fingerprint density at radius 2 is 2.27 bits per heavy atom. The maximum Gasteiger partial charge on any atom is 0.271 e. The van der Waals surface area contributed by atoms with E-state index in [0.717, 1.165) is 30.6 Å². The van der Waals surface area contributed by atoms with Crippen molar-refractivity contribution < 1.29 is 9.90 Å². The molecular weight excluding hydrogens is 302 g/mol. The van der Waals surface area contributed by atoms with Gasteiger partial charge in [-0.2, -0.15) is 0 Å². The second kappa shape index (κ2) is 6.18. The third kappa shape index (κ3) is 2.91. The van der Waals surface area contributed by atoms with E-state index in [1.807, 2.05) is 6.92 Å². The first-order chi connectivity index (χ1) is 10.6. The number of fused-ring (bicyclic) bond motifs is 1. The Balaban J connectivity index is 1.72. The third-order valence-corrected chi connectivity index (χ3v) is 5.09. The van der Waals surface area contributed by atoms with Gasteiger partial charge in [0.05, 0.1) is 6.10 Å². The lowest BCUT2D eigenvalue weighted by Gasteiger charge is -2.17. The molecule has 22 heavy (non-hydrogen) atoms. The molecule has 2 N–H and O–H groups in total. The van der Waals surface area contributed by atoms with E-state index in [1.54, 1.807) is 6.20 Å². The monoisotopic (exact) mass is 321 g/mol. The molecule has 1 fully saturated rings. The molecule has 1 atom stereocenters. The molecule has 0 aliphatic heterocycles. The first kappa shape index (κ1) is 15.2. The van der Waals surface area contributed by atoms with Gasteiger partial charge < -0.3 is 10.4 Å². The number of thiazole rings is 1. The van der Waals surface area contributed by atoms with E-state index >= 15 is 0 Å². The maximum absolute atomic E-state index is 12.3. The Morgan fingerprint density at radius 1 is 1.55 bits per heavy atom. The van der Waals surface area contributed by atoms with Crippen LogP contribution in [0.15, 0.2) is 17.2 Å². The number of carbonyl (C=O) groups excluding carboxylic acids is 1. The summed E-state index contributed by atoms with van der Waals surface area (Å²) in [6.45, 7) is 2.06. The van der Waals surface area contributed by atoms with Crippen LogP contribution in [0, 0.1) is 12.8 Å². The molecule has 0 radical (unpaired) electrons. The van der Waals surface area contributed by atoms with Gasteiger partial charge in [0, 0.05) is 23.8 Å². The van der Waals surface area contributed by atoms with Gasteiger partial charge in [-0.15, -0.1) is 11.3 Å². The number of aryl methyl sites for hydroxylation is 1. The number of aliphatic hydroxyl groups excluding tert-OH is 1. The number of aliphatic hydroxyl groups is 1. The lowest BCUT2D eigenvalue weighted by atomic mass is 10.0. The molecule has 1 aliphatic carbocycles. The Bertz CT molecular complexity index is 746. The molecule has 3 rings (SSSR count). The van der Waals surface area contributed by atoms with Gasteiger partial charge in [0.15, 0.2) is 4.96 Å². The van der Waals surface area contributed by atoms with E-state index < -0.39 is 12.0 Å². The van der Waals surface area contributed by atoms with E-state index in [0.29, 0.717) is 4.96 Å². The van der Waals surface area contributed by atoms with Crippen molar-refractivity contribution in [2.24, 2.45) is 5.92 Å². The first-order valence-corrected chi connectivity index (χ1v) is 8.32. The van der Waals surface area contributed by atoms with Crippen LogP contribution in [0.25, 0.3) is 4.96 Å². The topological polar surface area (TPSA) is 83.7 Å². The van der Waals surface area contributed by atoms with Gasteiger partial charge in [-0.05, 0) is 25.7 Å². The summed E-state index contributed by atoms with van der Waals surface area (Å²) in [6.07, 6.45) is 6.71. The molecular formula is C15H19N3O3S. The Hall–Kier alpha value is -1.73. The van der Waals surface area contributed by atoms with Gasteiger partial charge >= 0.3 is 0 Å². The summed E-state index contributed by atoms with van der Waals surface area (Å²) < 4.78 is 1.39. The summed E-state index contributed by atoms with van der Waals surface area (Å²) in [5, 5.41) is 12.7. The Morgan fingerprint density at radius 3 is 3.00 bits per heavy atom. The number of aromatic nitrogens is 2. The SMILES string of the molecule is Cc1cn2c(=O)c(C(=O)NCC(O)C3CCCC3)cnc2s1. The smallest absolute Gasteiger partial charge is 0.271 e. The molecule has 7 heteroatoms. The zero-order chi connectivity index (χ0) is 15.7. The summed E-state index contributed by atoms with van der Waals surface area (Å²) in [5.41, 5.74) is -0.365. The highest BCUT2D eigenvalue weighted by atomic mass is 32.1. The molecule has 0 aromatic carbocycles. The van der Waals surface area contributed by atoms with Crippen molar-refractivity contribution >= 4 is 22.2 Å². The van der Waals surface area contributed by atoms with E-state index in [9.17, 15) is 14.7 Å². The van der Waals surface area contributed by atoms with E-state index in [-0.39, 0.29) is 23.6 Å². The van der Waals surface area contributed by atoms with Crippen molar-refractivity contribution in [2.75, 3.05) is 6.54 Å². The minimum atomic E-state index is -0.547. The molecule has 0 saturated heterocycles. The number of carbonyl (C=O) groups is 1. The minimum absolute atomic E-state index is 0.00826. The number of hydrogen-bond donors (Lipinski definition) is 2. The Kier molecular flexibility index (Phi) is 4.26. The zero-order valence-electron chi connectivity index (χ0n) is 12.4. The fourth-order valence-electron chi connectivity index (χ4n) is 2.95. The van der Waals surface area contributed by atoms with Crippen LogP contribution in [0.3, 0.4) is 0 Å². The van der Waals surface area contributed by atoms with Gasteiger partial charge in [0.1, 0.15) is 5.56 Å². The highest BCUT2D eigenvalue weighted by Gasteiger charge is 2.24. The van der Waals surface area contributed by atoms with Crippen LogP contribution in [-0.4, -0.2) is 33.0 Å². The number of nitrogens with zero attached hydrogens (tertiary/aromatic N) is 2. The van der Waals surface area contributed by atoms with Crippen molar-refractivity contribution in [3.8, 4) is 0 Å². The van der Waals surface area contributed by atoms with Crippen molar-refractivity contribution in [1.82, 2.24) is 14.7 Å². The van der Waals surface area contributed by atoms with Crippen LogP contribution in [-0.2, 0) is 0 Å². The summed E-state index contributed by atoms with van der Waals surface area (Å²) in [4.78, 5) is 30.1. The van der Waals surface area contributed by atoms with Crippen molar-refractivity contribution in [1.29, 1.82) is 0 Å². The van der Waals surface area contributed by atoms with Crippen LogP contribution >= 0.6 is 11.3 Å². The van der Waals surface area contributed by atoms with E-state index in [4.69, 9.17) is 0 Å². The highest BCUT2D eigenvalue weighted by Crippen LogP contribution is 2.27. The molecule has 2 aromatic heterocycles. The van der Waals surface area contributed by atoms with E-state index in [2.05, 4.69) is 10.3 Å². The van der Waals surface area contributed by atoms with Crippen molar-refractivity contribution in [3.63, 3.8) is 0 Å². The van der Waals surface area contributed by atoms with Crippen LogP contribution in [0.4, 0.5) is 0 Å². The molecule has 1 unspecified atom stereocenters. The van der Waals surface area contributed by atoms with Gasteiger partial charge in [-0.25, -0.2) is 4.98 Å². The predicted molar refractivity (Wildman–Crippen MR) is 84.4 cm³/mol. The van der Waals surface area contributed by atoms with Gasteiger partial charge in [0.2, 0.25) is 0 Å². The summed E-state index contributed by atoms with van der Waals surface area (Å²) in [7, 11) is 0. The number of hydrogen-bond acceptors (Lipinski definition) is 5. The van der Waals surface area contributed by atoms with Crippen LogP contribution in [0.5, 0.6) is 0 Å². The molecule has 0 spiro atoms. The normalized spacial score (nSPS) is 17.0. The molecule has 1 saturated carbocycles. The van der Waals surface area contributed by atoms with E-state index in [1.165, 1.54) is 21.9 Å². The molecule has 6 nitrogen and oxygen atoms in total. The second-order valence-corrected chi connectivity index (χ2v) is 7.01. The molecule has 1 amide bonds. The fraction of sp³-hybridized carbons (Fsp3) is 0.533. The molecule has 118 valence electrons. The summed E-state index contributed by atoms with van der Waals surface area (Å²) >= 11 is 1.40.